The predicted octanol–water partition coefficient (Wildman–Crippen LogP) is 14.8. The molecule has 11 aromatic rings. The average molecular weight is 677 g/mol. The lowest BCUT2D eigenvalue weighted by Crippen LogP contribution is -1.92. The molecule has 11 rings (SSSR count). The second-order valence-corrected chi connectivity index (χ2v) is 14.0. The van der Waals surface area contributed by atoms with Crippen LogP contribution in [0.5, 0.6) is 0 Å². The summed E-state index contributed by atoms with van der Waals surface area (Å²) < 4.78 is 13.5. The highest BCUT2D eigenvalue weighted by Gasteiger charge is 2.24. The molecule has 0 radical (unpaired) electrons. The Balaban J connectivity index is 1.24. The largest absolute Gasteiger partial charge is 0.456 e. The molecule has 0 spiro atoms. The van der Waals surface area contributed by atoms with E-state index in [2.05, 4.69) is 177 Å². The lowest BCUT2D eigenvalue weighted by atomic mass is 9.84. The molecule has 248 valence electrons. The summed E-state index contributed by atoms with van der Waals surface area (Å²) in [6.45, 7) is 2.18. The van der Waals surface area contributed by atoms with Crippen molar-refractivity contribution >= 4 is 65.2 Å². The van der Waals surface area contributed by atoms with Crippen molar-refractivity contribution in [2.24, 2.45) is 0 Å². The smallest absolute Gasteiger partial charge is 0.143 e. The van der Waals surface area contributed by atoms with E-state index in [1.54, 1.807) is 0 Å². The summed E-state index contributed by atoms with van der Waals surface area (Å²) in [6, 6.07) is 62.9. The van der Waals surface area contributed by atoms with Crippen molar-refractivity contribution in [2.75, 3.05) is 0 Å². The minimum atomic E-state index is 0.885. The van der Waals surface area contributed by atoms with Gasteiger partial charge in [0.2, 0.25) is 0 Å². The van der Waals surface area contributed by atoms with Gasteiger partial charge in [0.15, 0.2) is 0 Å². The maximum atomic E-state index is 6.82. The zero-order valence-corrected chi connectivity index (χ0v) is 29.1. The summed E-state index contributed by atoms with van der Waals surface area (Å²) in [4.78, 5) is 0. The molecule has 0 aliphatic heterocycles. The van der Waals surface area contributed by atoms with Crippen LogP contribution in [0.4, 0.5) is 0 Å². The van der Waals surface area contributed by atoms with Crippen LogP contribution in [0, 0.1) is 6.92 Å². The van der Waals surface area contributed by atoms with Crippen molar-refractivity contribution in [1.82, 2.24) is 0 Å². The van der Waals surface area contributed by atoms with Crippen LogP contribution in [0.15, 0.2) is 185 Å². The third-order valence-corrected chi connectivity index (χ3v) is 11.1. The van der Waals surface area contributed by atoms with Crippen LogP contribution in [0.3, 0.4) is 0 Å². The molecule has 2 heterocycles. The summed E-state index contributed by atoms with van der Waals surface area (Å²) in [5.41, 5.74) is 12.1. The zero-order chi connectivity index (χ0) is 35.0. The first kappa shape index (κ1) is 29.8. The fourth-order valence-electron chi connectivity index (χ4n) is 8.67. The Hall–Kier alpha value is -6.90. The third kappa shape index (κ3) is 4.46. The van der Waals surface area contributed by atoms with Crippen molar-refractivity contribution in [3.8, 4) is 44.7 Å². The molecule has 0 fully saturated rings. The molecule has 0 unspecified atom stereocenters. The van der Waals surface area contributed by atoms with Gasteiger partial charge in [0, 0.05) is 32.7 Å². The average Bonchev–Trinajstić information content (AvgIpc) is 3.77. The fraction of sp³-hybridized carbons (Fsp3) is 0.0196. The summed E-state index contributed by atoms with van der Waals surface area (Å²) in [5, 5.41) is 10.4. The first-order valence-electron chi connectivity index (χ1n) is 18.2. The van der Waals surface area contributed by atoms with Crippen molar-refractivity contribution in [2.45, 2.75) is 6.92 Å². The van der Waals surface area contributed by atoms with Gasteiger partial charge in [-0.3, -0.25) is 0 Å². The number of benzene rings is 9. The Morgan fingerprint density at radius 1 is 0.340 bits per heavy atom. The minimum Gasteiger partial charge on any atom is -0.456 e. The monoisotopic (exact) mass is 676 g/mol. The molecule has 0 saturated carbocycles. The molecule has 0 aliphatic carbocycles. The van der Waals surface area contributed by atoms with Crippen LogP contribution in [0.1, 0.15) is 5.56 Å². The molecule has 2 aromatic heterocycles. The van der Waals surface area contributed by atoms with Crippen LogP contribution in [0.25, 0.3) is 110 Å². The second-order valence-electron chi connectivity index (χ2n) is 14.0. The first-order chi connectivity index (χ1) is 26.2. The highest BCUT2D eigenvalue weighted by molar-refractivity contribution is 6.28. The van der Waals surface area contributed by atoms with E-state index in [0.717, 1.165) is 71.7 Å². The summed E-state index contributed by atoms with van der Waals surface area (Å²) in [6.07, 6.45) is 0. The van der Waals surface area contributed by atoms with Gasteiger partial charge < -0.3 is 8.83 Å². The normalized spacial score (nSPS) is 11.9. The zero-order valence-electron chi connectivity index (χ0n) is 29.1. The van der Waals surface area contributed by atoms with E-state index < -0.39 is 0 Å². The van der Waals surface area contributed by atoms with Gasteiger partial charge in [-0.05, 0) is 91.5 Å². The molecule has 0 saturated heterocycles. The van der Waals surface area contributed by atoms with Crippen molar-refractivity contribution in [3.05, 3.63) is 181 Å². The van der Waals surface area contributed by atoms with E-state index in [9.17, 15) is 0 Å². The van der Waals surface area contributed by atoms with E-state index in [0.29, 0.717) is 0 Å². The van der Waals surface area contributed by atoms with Gasteiger partial charge in [-0.2, -0.15) is 0 Å². The lowest BCUT2D eigenvalue weighted by Gasteiger charge is -2.18. The summed E-state index contributed by atoms with van der Waals surface area (Å²) in [5.74, 6) is 0.925. The molecule has 0 aliphatic rings. The minimum absolute atomic E-state index is 0.885. The Morgan fingerprint density at radius 2 is 0.887 bits per heavy atom. The highest BCUT2D eigenvalue weighted by Crippen LogP contribution is 2.49. The van der Waals surface area contributed by atoms with Crippen molar-refractivity contribution < 1.29 is 8.83 Å². The topological polar surface area (TPSA) is 26.3 Å². The number of fused-ring (bicyclic) bond motifs is 8. The van der Waals surface area contributed by atoms with Gasteiger partial charge >= 0.3 is 0 Å². The Bertz CT molecular complexity index is 3180. The van der Waals surface area contributed by atoms with Gasteiger partial charge in [0.25, 0.3) is 0 Å². The van der Waals surface area contributed by atoms with Crippen molar-refractivity contribution in [3.63, 3.8) is 0 Å². The van der Waals surface area contributed by atoms with Crippen LogP contribution in [-0.2, 0) is 0 Å². The van der Waals surface area contributed by atoms with Gasteiger partial charge in [-0.1, -0.05) is 152 Å². The molecule has 9 aromatic carbocycles. The molecule has 2 nitrogen and oxygen atoms in total. The number of rotatable bonds is 4. The van der Waals surface area contributed by atoms with E-state index in [4.69, 9.17) is 8.83 Å². The molecule has 2 heteroatoms. The summed E-state index contributed by atoms with van der Waals surface area (Å²) >= 11 is 0. The van der Waals surface area contributed by atoms with Crippen molar-refractivity contribution in [1.29, 1.82) is 0 Å². The van der Waals surface area contributed by atoms with Crippen LogP contribution >= 0.6 is 0 Å². The Kier molecular flexibility index (Phi) is 6.50. The molecular weight excluding hydrogens is 645 g/mol. The fourth-order valence-corrected chi connectivity index (χ4v) is 8.67. The van der Waals surface area contributed by atoms with Crippen LogP contribution < -0.4 is 0 Å². The molecule has 0 N–H and O–H groups in total. The maximum Gasteiger partial charge on any atom is 0.143 e. The van der Waals surface area contributed by atoms with E-state index in [-0.39, 0.29) is 0 Å². The number of aryl methyl sites for hydroxylation is 1. The second kappa shape index (κ2) is 11.6. The quantitative estimate of drug-likeness (QED) is 0.173. The third-order valence-electron chi connectivity index (χ3n) is 11.1. The molecule has 53 heavy (non-hydrogen) atoms. The van der Waals surface area contributed by atoms with Gasteiger partial charge in [-0.25, -0.2) is 0 Å². The first-order valence-corrected chi connectivity index (χ1v) is 18.2. The molecule has 0 bridgehead atoms. The van der Waals surface area contributed by atoms with Gasteiger partial charge in [0.1, 0.15) is 22.5 Å². The molecular formula is C51H32O2. The lowest BCUT2D eigenvalue weighted by molar-refractivity contribution is 0.630. The Labute approximate surface area is 306 Å². The Morgan fingerprint density at radius 3 is 1.60 bits per heavy atom. The van der Waals surface area contributed by atoms with E-state index in [1.165, 1.54) is 43.8 Å². The van der Waals surface area contributed by atoms with Gasteiger partial charge in [0.05, 0.1) is 0 Å². The molecule has 0 atom stereocenters. The highest BCUT2D eigenvalue weighted by atomic mass is 16.3. The van der Waals surface area contributed by atoms with Gasteiger partial charge in [-0.15, -0.1) is 0 Å². The maximum absolute atomic E-state index is 6.82. The van der Waals surface area contributed by atoms with E-state index >= 15 is 0 Å². The van der Waals surface area contributed by atoms with Crippen LogP contribution in [0.2, 0.25) is 0 Å². The standard InChI is InChI=1S/C51H32O2/c1-31-35-19-11-12-27-45(35)52-50(31)49-40-23-8-6-21-38(40)47(39-22-7-9-24-41(39)49)43-30-44-48-36(34-18-13-17-33(29-34)32-15-3-2-4-16-32)26-14-28-46(48)53-51(44)42-25-10-5-20-37(42)43/h2-30H,1H3. The number of para-hydroxylation sites is 1. The summed E-state index contributed by atoms with van der Waals surface area (Å²) in [7, 11) is 0. The number of hydrogen-bond acceptors (Lipinski definition) is 2. The molecule has 0 amide bonds. The van der Waals surface area contributed by atoms with E-state index in [1.807, 2.05) is 6.07 Å². The van der Waals surface area contributed by atoms with Crippen LogP contribution in [-0.4, -0.2) is 0 Å². The number of hydrogen-bond donors (Lipinski definition) is 0. The SMILES string of the molecule is Cc1c(-c2c3ccccc3c(-c3cc4c(oc5cccc(-c6cccc(-c7ccccc7)c6)c54)c4ccccc34)c3ccccc23)oc2ccccc12. The predicted molar refractivity (Wildman–Crippen MR) is 222 cm³/mol. The number of furan rings is 2.